The normalized spacial score (nSPS) is 11.8. The van der Waals surface area contributed by atoms with Gasteiger partial charge in [0, 0.05) is 12.0 Å². The van der Waals surface area contributed by atoms with Crippen molar-refractivity contribution in [1.29, 1.82) is 0 Å². The third-order valence-electron chi connectivity index (χ3n) is 3.83. The molecule has 0 saturated heterocycles. The van der Waals surface area contributed by atoms with Gasteiger partial charge in [0.1, 0.15) is 11.6 Å². The summed E-state index contributed by atoms with van der Waals surface area (Å²) >= 11 is 0. The van der Waals surface area contributed by atoms with Gasteiger partial charge in [-0.3, -0.25) is 0 Å². The van der Waals surface area contributed by atoms with Gasteiger partial charge in [0.2, 0.25) is 0 Å². The maximum Gasteiger partial charge on any atom is 0.118 e. The van der Waals surface area contributed by atoms with Gasteiger partial charge < -0.3 is 9.30 Å². The van der Waals surface area contributed by atoms with Gasteiger partial charge in [0.15, 0.2) is 0 Å². The van der Waals surface area contributed by atoms with Crippen LogP contribution >= 0.6 is 0 Å². The maximum atomic E-state index is 5.23. The van der Waals surface area contributed by atoms with Crippen molar-refractivity contribution < 1.29 is 4.74 Å². The second-order valence-electron chi connectivity index (χ2n) is 6.61. The summed E-state index contributed by atoms with van der Waals surface area (Å²) in [7, 11) is 1.69. The molecule has 22 heavy (non-hydrogen) atoms. The highest BCUT2D eigenvalue weighted by molar-refractivity contribution is 5.76. The van der Waals surface area contributed by atoms with E-state index in [1.54, 1.807) is 7.11 Å². The van der Waals surface area contributed by atoms with Crippen molar-refractivity contribution >= 4 is 11.0 Å². The maximum absolute atomic E-state index is 5.23. The zero-order valence-corrected chi connectivity index (χ0v) is 13.6. The number of fused-ring (bicyclic) bond motifs is 1. The number of para-hydroxylation sites is 2. The summed E-state index contributed by atoms with van der Waals surface area (Å²) in [6.45, 7) is 7.44. The SMILES string of the molecule is COc1ccc(Cn2c(C(C)(C)C)nc3ccccc32)cc1. The molecule has 3 heteroatoms. The Morgan fingerprint density at radius 2 is 1.68 bits per heavy atom. The Hall–Kier alpha value is -2.29. The van der Waals surface area contributed by atoms with Crippen LogP contribution in [0.4, 0.5) is 0 Å². The van der Waals surface area contributed by atoms with Crippen LogP contribution in [0, 0.1) is 0 Å². The zero-order valence-electron chi connectivity index (χ0n) is 13.6. The number of ether oxygens (including phenoxy) is 1. The second kappa shape index (κ2) is 5.48. The van der Waals surface area contributed by atoms with E-state index in [4.69, 9.17) is 9.72 Å². The molecule has 0 amide bonds. The molecule has 0 aliphatic carbocycles. The molecule has 0 aliphatic heterocycles. The van der Waals surface area contributed by atoms with Crippen molar-refractivity contribution in [1.82, 2.24) is 9.55 Å². The largest absolute Gasteiger partial charge is 0.497 e. The average molecular weight is 294 g/mol. The fraction of sp³-hybridized carbons (Fsp3) is 0.316. The lowest BCUT2D eigenvalue weighted by molar-refractivity contribution is 0.414. The Balaban J connectivity index is 2.07. The van der Waals surface area contributed by atoms with E-state index in [2.05, 4.69) is 55.7 Å². The standard InChI is InChI=1S/C19H22N2O/c1-19(2,3)18-20-16-7-5-6-8-17(16)21(18)13-14-9-11-15(22-4)12-10-14/h5-12H,13H2,1-4H3. The molecule has 1 aromatic heterocycles. The quantitative estimate of drug-likeness (QED) is 0.716. The number of rotatable bonds is 3. The Bertz CT molecular complexity index is 779. The smallest absolute Gasteiger partial charge is 0.118 e. The Labute approximate surface area is 131 Å². The van der Waals surface area contributed by atoms with E-state index in [9.17, 15) is 0 Å². The Kier molecular flexibility index (Phi) is 3.65. The lowest BCUT2D eigenvalue weighted by Gasteiger charge is -2.20. The molecule has 0 atom stereocenters. The Morgan fingerprint density at radius 3 is 2.32 bits per heavy atom. The highest BCUT2D eigenvalue weighted by Gasteiger charge is 2.22. The van der Waals surface area contributed by atoms with Gasteiger partial charge >= 0.3 is 0 Å². The summed E-state index contributed by atoms with van der Waals surface area (Å²) in [5.74, 6) is 2.00. The number of imidazole rings is 1. The number of hydrogen-bond donors (Lipinski definition) is 0. The molecule has 3 nitrogen and oxygen atoms in total. The summed E-state index contributed by atoms with van der Waals surface area (Å²) in [6.07, 6.45) is 0. The predicted molar refractivity (Wildman–Crippen MR) is 90.5 cm³/mol. The molecule has 0 radical (unpaired) electrons. The van der Waals surface area contributed by atoms with Gasteiger partial charge in [-0.1, -0.05) is 45.0 Å². The van der Waals surface area contributed by atoms with Gasteiger partial charge in [0.25, 0.3) is 0 Å². The number of benzene rings is 2. The predicted octanol–water partition coefficient (Wildman–Crippen LogP) is 4.39. The number of methoxy groups -OCH3 is 1. The first-order valence-corrected chi connectivity index (χ1v) is 7.58. The van der Waals surface area contributed by atoms with Crippen LogP contribution in [0.1, 0.15) is 32.2 Å². The third-order valence-corrected chi connectivity index (χ3v) is 3.83. The highest BCUT2D eigenvalue weighted by atomic mass is 16.5. The summed E-state index contributed by atoms with van der Waals surface area (Å²) in [5, 5.41) is 0. The fourth-order valence-corrected chi connectivity index (χ4v) is 2.72. The van der Waals surface area contributed by atoms with E-state index in [-0.39, 0.29) is 5.41 Å². The molecule has 0 fully saturated rings. The minimum Gasteiger partial charge on any atom is -0.497 e. The topological polar surface area (TPSA) is 27.1 Å². The average Bonchev–Trinajstić information content (AvgIpc) is 2.87. The third kappa shape index (κ3) is 2.71. The van der Waals surface area contributed by atoms with Crippen molar-refractivity contribution in [2.75, 3.05) is 7.11 Å². The van der Waals surface area contributed by atoms with Crippen LogP contribution in [0.2, 0.25) is 0 Å². The second-order valence-corrected chi connectivity index (χ2v) is 6.61. The van der Waals surface area contributed by atoms with Gasteiger partial charge in [-0.25, -0.2) is 4.98 Å². The number of nitrogens with zero attached hydrogens (tertiary/aromatic N) is 2. The number of hydrogen-bond acceptors (Lipinski definition) is 2. The number of aromatic nitrogens is 2. The summed E-state index contributed by atoms with van der Waals surface area (Å²) in [5.41, 5.74) is 3.49. The zero-order chi connectivity index (χ0) is 15.7. The van der Waals surface area contributed by atoms with Crippen LogP contribution in [0.25, 0.3) is 11.0 Å². The fourth-order valence-electron chi connectivity index (χ4n) is 2.72. The molecule has 0 aliphatic rings. The van der Waals surface area contributed by atoms with E-state index >= 15 is 0 Å². The van der Waals surface area contributed by atoms with E-state index < -0.39 is 0 Å². The van der Waals surface area contributed by atoms with Gasteiger partial charge in [-0.2, -0.15) is 0 Å². The molecule has 114 valence electrons. The van der Waals surface area contributed by atoms with Crippen LogP contribution in [-0.4, -0.2) is 16.7 Å². The van der Waals surface area contributed by atoms with E-state index in [0.29, 0.717) is 0 Å². The molecule has 0 spiro atoms. The van der Waals surface area contributed by atoms with Gasteiger partial charge in [0.05, 0.1) is 18.1 Å². The van der Waals surface area contributed by atoms with Crippen molar-refractivity contribution in [3.63, 3.8) is 0 Å². The summed E-state index contributed by atoms with van der Waals surface area (Å²) in [6, 6.07) is 16.6. The first-order valence-electron chi connectivity index (χ1n) is 7.58. The van der Waals surface area contributed by atoms with Gasteiger partial charge in [-0.15, -0.1) is 0 Å². The van der Waals surface area contributed by atoms with Crippen LogP contribution in [0.15, 0.2) is 48.5 Å². The molecule has 0 unspecified atom stereocenters. The first kappa shape index (κ1) is 14.6. The lowest BCUT2D eigenvalue weighted by Crippen LogP contribution is -2.19. The molecule has 0 saturated carbocycles. The van der Waals surface area contributed by atoms with Crippen LogP contribution in [0.5, 0.6) is 5.75 Å². The highest BCUT2D eigenvalue weighted by Crippen LogP contribution is 2.27. The van der Waals surface area contributed by atoms with Gasteiger partial charge in [-0.05, 0) is 29.8 Å². The van der Waals surface area contributed by atoms with Crippen molar-refractivity contribution in [3.8, 4) is 5.75 Å². The van der Waals surface area contributed by atoms with Crippen LogP contribution in [-0.2, 0) is 12.0 Å². The first-order chi connectivity index (χ1) is 10.5. The molecule has 2 aromatic carbocycles. The van der Waals surface area contributed by atoms with Crippen LogP contribution in [0.3, 0.4) is 0 Å². The van der Waals surface area contributed by atoms with E-state index in [0.717, 1.165) is 23.6 Å². The molecule has 3 rings (SSSR count). The van der Waals surface area contributed by atoms with Crippen LogP contribution < -0.4 is 4.74 Å². The minimum atomic E-state index is 0.00545. The van der Waals surface area contributed by atoms with E-state index in [1.165, 1.54) is 11.1 Å². The molecule has 0 N–H and O–H groups in total. The molecular formula is C19H22N2O. The van der Waals surface area contributed by atoms with Crippen molar-refractivity contribution in [2.24, 2.45) is 0 Å². The van der Waals surface area contributed by atoms with Crippen molar-refractivity contribution in [3.05, 3.63) is 59.9 Å². The molecule has 0 bridgehead atoms. The van der Waals surface area contributed by atoms with E-state index in [1.807, 2.05) is 18.2 Å². The Morgan fingerprint density at radius 1 is 1.00 bits per heavy atom. The molecule has 1 heterocycles. The summed E-state index contributed by atoms with van der Waals surface area (Å²) in [4.78, 5) is 4.85. The monoisotopic (exact) mass is 294 g/mol. The molecule has 3 aromatic rings. The minimum absolute atomic E-state index is 0.00545. The van der Waals surface area contributed by atoms with Crippen molar-refractivity contribution in [2.45, 2.75) is 32.7 Å². The summed E-state index contributed by atoms with van der Waals surface area (Å²) < 4.78 is 7.55. The molecular weight excluding hydrogens is 272 g/mol. The lowest BCUT2D eigenvalue weighted by atomic mass is 9.95.